The summed E-state index contributed by atoms with van der Waals surface area (Å²) in [7, 11) is 0. The molecule has 6 heteroatoms. The van der Waals surface area contributed by atoms with Gasteiger partial charge in [-0.05, 0) is 26.0 Å². The average molecular weight is 314 g/mol. The van der Waals surface area contributed by atoms with Gasteiger partial charge in [-0.15, -0.1) is 0 Å². The number of hydrogen-bond acceptors (Lipinski definition) is 5. The normalized spacial score (nSPS) is 17.7. The van der Waals surface area contributed by atoms with E-state index in [0.29, 0.717) is 19.7 Å². The lowest BCUT2D eigenvalue weighted by atomic mass is 9.98. The highest BCUT2D eigenvalue weighted by Gasteiger charge is 2.35. The summed E-state index contributed by atoms with van der Waals surface area (Å²) in [4.78, 5) is 23.5. The molecular formula is C17H22N4O2. The molecule has 0 unspecified atom stereocenters. The predicted octanol–water partition coefficient (Wildman–Crippen LogP) is 1.96. The van der Waals surface area contributed by atoms with Gasteiger partial charge in [0.25, 0.3) is 0 Å². The Kier molecular flexibility index (Phi) is 4.71. The molecule has 3 rings (SSSR count). The van der Waals surface area contributed by atoms with Crippen LogP contribution in [-0.4, -0.2) is 38.6 Å². The van der Waals surface area contributed by atoms with Crippen LogP contribution in [0.3, 0.4) is 0 Å². The maximum absolute atomic E-state index is 12.4. The van der Waals surface area contributed by atoms with Gasteiger partial charge >= 0.3 is 5.97 Å². The Bertz CT molecular complexity index is 668. The molecular weight excluding hydrogens is 292 g/mol. The number of carbonyl (C=O) groups is 1. The van der Waals surface area contributed by atoms with Gasteiger partial charge in [0.2, 0.25) is 0 Å². The smallest absolute Gasteiger partial charge is 0.316 e. The number of nitrogens with zero attached hydrogens (tertiary/aromatic N) is 4. The van der Waals surface area contributed by atoms with Crippen LogP contribution in [0.25, 0.3) is 0 Å². The number of ether oxygens (including phenoxy) is 1. The van der Waals surface area contributed by atoms with Gasteiger partial charge in [0.15, 0.2) is 0 Å². The minimum atomic E-state index is -0.287. The number of aromatic nitrogens is 3. The molecule has 122 valence electrons. The fourth-order valence-corrected chi connectivity index (χ4v) is 3.10. The van der Waals surface area contributed by atoms with E-state index in [1.54, 1.807) is 6.20 Å². The van der Waals surface area contributed by atoms with Gasteiger partial charge in [-0.3, -0.25) is 14.7 Å². The van der Waals surface area contributed by atoms with Crippen LogP contribution in [-0.2, 0) is 29.2 Å². The van der Waals surface area contributed by atoms with E-state index in [4.69, 9.17) is 4.74 Å². The molecule has 1 atom stereocenters. The molecule has 0 saturated heterocycles. The second kappa shape index (κ2) is 6.91. The third-order valence-electron chi connectivity index (χ3n) is 4.13. The molecule has 23 heavy (non-hydrogen) atoms. The van der Waals surface area contributed by atoms with Crippen LogP contribution in [0.15, 0.2) is 30.7 Å². The van der Waals surface area contributed by atoms with Gasteiger partial charge in [-0.2, -0.15) is 0 Å². The van der Waals surface area contributed by atoms with Crippen molar-refractivity contribution in [2.24, 2.45) is 0 Å². The summed E-state index contributed by atoms with van der Waals surface area (Å²) in [5, 5.41) is 0. The Labute approximate surface area is 136 Å². The lowest BCUT2D eigenvalue weighted by Crippen LogP contribution is -2.38. The van der Waals surface area contributed by atoms with Crippen molar-refractivity contribution in [3.05, 3.63) is 47.8 Å². The fraction of sp³-hybridized carbons (Fsp3) is 0.471. The largest absolute Gasteiger partial charge is 0.465 e. The summed E-state index contributed by atoms with van der Waals surface area (Å²) in [5.74, 6) is -0.459. The van der Waals surface area contributed by atoms with E-state index in [2.05, 4.69) is 26.4 Å². The second-order valence-corrected chi connectivity index (χ2v) is 5.66. The first kappa shape index (κ1) is 15.7. The van der Waals surface area contributed by atoms with Crippen LogP contribution in [0.1, 0.15) is 36.8 Å². The Balaban J connectivity index is 1.86. The van der Waals surface area contributed by atoms with Crippen molar-refractivity contribution < 1.29 is 9.53 Å². The molecule has 0 aromatic carbocycles. The molecule has 3 heterocycles. The first-order valence-electron chi connectivity index (χ1n) is 8.05. The van der Waals surface area contributed by atoms with E-state index < -0.39 is 0 Å². The summed E-state index contributed by atoms with van der Waals surface area (Å²) >= 11 is 0. The lowest BCUT2D eigenvalue weighted by Gasteiger charge is -2.31. The molecule has 0 fully saturated rings. The van der Waals surface area contributed by atoms with E-state index in [9.17, 15) is 4.79 Å². The van der Waals surface area contributed by atoms with Gasteiger partial charge in [0.05, 0.1) is 30.0 Å². The number of hydrogen-bond donors (Lipinski definition) is 0. The van der Waals surface area contributed by atoms with Gasteiger partial charge in [0, 0.05) is 32.4 Å². The van der Waals surface area contributed by atoms with Crippen LogP contribution >= 0.6 is 0 Å². The van der Waals surface area contributed by atoms with Crippen molar-refractivity contribution in [2.75, 3.05) is 13.2 Å². The van der Waals surface area contributed by atoms with E-state index in [0.717, 1.165) is 30.2 Å². The van der Waals surface area contributed by atoms with E-state index in [1.807, 2.05) is 31.5 Å². The first-order valence-corrected chi connectivity index (χ1v) is 8.05. The molecule has 0 spiro atoms. The molecule has 0 saturated carbocycles. The fourth-order valence-electron chi connectivity index (χ4n) is 3.10. The molecule has 2 aromatic rings. The third-order valence-corrected chi connectivity index (χ3v) is 4.13. The van der Waals surface area contributed by atoms with Crippen molar-refractivity contribution in [1.82, 2.24) is 19.4 Å². The maximum Gasteiger partial charge on any atom is 0.316 e. The van der Waals surface area contributed by atoms with Crippen molar-refractivity contribution in [3.8, 4) is 0 Å². The Hall–Kier alpha value is -2.21. The van der Waals surface area contributed by atoms with E-state index >= 15 is 0 Å². The average Bonchev–Trinajstić information content (AvgIpc) is 2.98. The molecule has 1 aliphatic heterocycles. The molecule has 6 nitrogen and oxygen atoms in total. The lowest BCUT2D eigenvalue weighted by molar-refractivity contribution is -0.146. The van der Waals surface area contributed by atoms with Crippen LogP contribution < -0.4 is 0 Å². The number of carbonyl (C=O) groups excluding carboxylic acids is 1. The highest BCUT2D eigenvalue weighted by Crippen LogP contribution is 2.29. The van der Waals surface area contributed by atoms with E-state index in [-0.39, 0.29) is 11.9 Å². The van der Waals surface area contributed by atoms with Crippen molar-refractivity contribution in [2.45, 2.75) is 39.4 Å². The first-order chi connectivity index (χ1) is 11.2. The van der Waals surface area contributed by atoms with Crippen molar-refractivity contribution in [1.29, 1.82) is 0 Å². The summed E-state index contributed by atoms with van der Waals surface area (Å²) in [6.45, 7) is 7.16. The zero-order chi connectivity index (χ0) is 16.2. The van der Waals surface area contributed by atoms with Gasteiger partial charge in [-0.25, -0.2) is 4.98 Å². The highest BCUT2D eigenvalue weighted by atomic mass is 16.5. The monoisotopic (exact) mass is 314 g/mol. The zero-order valence-corrected chi connectivity index (χ0v) is 13.6. The Morgan fingerprint density at radius 3 is 2.91 bits per heavy atom. The van der Waals surface area contributed by atoms with Crippen molar-refractivity contribution >= 4 is 5.97 Å². The Morgan fingerprint density at radius 2 is 2.22 bits per heavy atom. The predicted molar refractivity (Wildman–Crippen MR) is 85.6 cm³/mol. The molecule has 0 radical (unpaired) electrons. The number of rotatable bonds is 5. The maximum atomic E-state index is 12.4. The molecule has 0 aliphatic carbocycles. The minimum absolute atomic E-state index is 0.172. The summed E-state index contributed by atoms with van der Waals surface area (Å²) in [6, 6.07) is 5.88. The van der Waals surface area contributed by atoms with Crippen LogP contribution in [0, 0.1) is 0 Å². The van der Waals surface area contributed by atoms with Gasteiger partial charge in [-0.1, -0.05) is 6.07 Å². The number of esters is 1. The number of imidazole rings is 1. The minimum Gasteiger partial charge on any atom is -0.465 e. The SMILES string of the molecule is CCOC(=O)[C@H]1CN(Cc2ccccn2)Cc2ncn(CC)c21. The zero-order valence-electron chi connectivity index (χ0n) is 13.6. The highest BCUT2D eigenvalue weighted by molar-refractivity contribution is 5.78. The number of pyridine rings is 1. The summed E-state index contributed by atoms with van der Waals surface area (Å²) in [6.07, 6.45) is 3.61. The van der Waals surface area contributed by atoms with Crippen molar-refractivity contribution in [3.63, 3.8) is 0 Å². The topological polar surface area (TPSA) is 60.2 Å². The second-order valence-electron chi connectivity index (χ2n) is 5.66. The number of aryl methyl sites for hydroxylation is 1. The van der Waals surface area contributed by atoms with Gasteiger partial charge in [0.1, 0.15) is 5.92 Å². The quantitative estimate of drug-likeness (QED) is 0.790. The summed E-state index contributed by atoms with van der Waals surface area (Å²) < 4.78 is 7.33. The molecule has 0 N–H and O–H groups in total. The number of fused-ring (bicyclic) bond motifs is 1. The third kappa shape index (κ3) is 3.27. The van der Waals surface area contributed by atoms with Crippen LogP contribution in [0.2, 0.25) is 0 Å². The van der Waals surface area contributed by atoms with Crippen LogP contribution in [0.5, 0.6) is 0 Å². The summed E-state index contributed by atoms with van der Waals surface area (Å²) in [5.41, 5.74) is 2.96. The van der Waals surface area contributed by atoms with Gasteiger partial charge < -0.3 is 9.30 Å². The van der Waals surface area contributed by atoms with Crippen LogP contribution in [0.4, 0.5) is 0 Å². The molecule has 2 aromatic heterocycles. The molecule has 0 bridgehead atoms. The molecule has 1 aliphatic rings. The molecule has 0 amide bonds. The Morgan fingerprint density at radius 1 is 1.35 bits per heavy atom. The van der Waals surface area contributed by atoms with E-state index in [1.165, 1.54) is 0 Å². The standard InChI is InChI=1S/C17H22N4O2/c1-3-21-12-19-15-11-20(9-13-7-5-6-8-18-13)10-14(16(15)21)17(22)23-4-2/h5-8,12,14H,3-4,9-11H2,1-2H3/t14-/m0/s1.